The highest BCUT2D eigenvalue weighted by atomic mass is 32.2. The van der Waals surface area contributed by atoms with Gasteiger partial charge in [0.15, 0.2) is 0 Å². The highest BCUT2D eigenvalue weighted by Gasteiger charge is 2.26. The van der Waals surface area contributed by atoms with Crippen LogP contribution in [0.3, 0.4) is 0 Å². The molecule has 0 spiro atoms. The number of amides is 1. The zero-order valence-electron chi connectivity index (χ0n) is 21.7. The van der Waals surface area contributed by atoms with E-state index in [2.05, 4.69) is 35.7 Å². The molecular formula is C28H32N4O5S. The van der Waals surface area contributed by atoms with Crippen LogP contribution >= 0.6 is 0 Å². The van der Waals surface area contributed by atoms with Crippen LogP contribution < -0.4 is 14.9 Å². The molecule has 1 heterocycles. The molecule has 1 aliphatic rings. The molecule has 4 rings (SSSR count). The lowest BCUT2D eigenvalue weighted by molar-refractivity contribution is -0.384. The van der Waals surface area contributed by atoms with Gasteiger partial charge < -0.3 is 10.2 Å². The number of sulfonamides is 1. The smallest absolute Gasteiger partial charge is 0.269 e. The number of aryl methyl sites for hydroxylation is 1. The Balaban J connectivity index is 1.67. The van der Waals surface area contributed by atoms with Crippen molar-refractivity contribution in [2.24, 2.45) is 11.8 Å². The maximum atomic E-state index is 13.3. The molecule has 2 unspecified atom stereocenters. The topological polar surface area (TPSA) is 122 Å². The second kappa shape index (κ2) is 11.2. The van der Waals surface area contributed by atoms with Crippen molar-refractivity contribution in [2.75, 3.05) is 28.0 Å². The van der Waals surface area contributed by atoms with E-state index in [1.54, 1.807) is 12.1 Å². The molecule has 0 aliphatic carbocycles. The average Bonchev–Trinajstić information content (AvgIpc) is 2.88. The van der Waals surface area contributed by atoms with Gasteiger partial charge >= 0.3 is 0 Å². The number of benzene rings is 3. The fraction of sp³-hybridized carbons (Fsp3) is 0.321. The van der Waals surface area contributed by atoms with Crippen molar-refractivity contribution in [2.45, 2.75) is 38.5 Å². The van der Waals surface area contributed by atoms with Crippen molar-refractivity contribution in [1.82, 2.24) is 0 Å². The summed E-state index contributed by atoms with van der Waals surface area (Å²) in [5.41, 5.74) is 2.85. The molecule has 0 radical (unpaired) electrons. The lowest BCUT2D eigenvalue weighted by atomic mass is 9.91. The highest BCUT2D eigenvalue weighted by molar-refractivity contribution is 7.92. The Hall–Kier alpha value is -3.92. The molecule has 0 bridgehead atoms. The molecule has 38 heavy (non-hydrogen) atoms. The van der Waals surface area contributed by atoms with Gasteiger partial charge in [-0.05, 0) is 72.7 Å². The quantitative estimate of drug-likeness (QED) is 0.282. The number of hydrogen-bond donors (Lipinski definition) is 2. The molecule has 2 N–H and O–H groups in total. The number of anilines is 3. The van der Waals surface area contributed by atoms with Crippen molar-refractivity contribution < 1.29 is 18.1 Å². The fourth-order valence-electron chi connectivity index (χ4n) is 4.87. The summed E-state index contributed by atoms with van der Waals surface area (Å²) in [6, 6.07) is 17.3. The summed E-state index contributed by atoms with van der Waals surface area (Å²) in [7, 11) is -4.08. The number of rotatable bonds is 8. The fourth-order valence-corrected chi connectivity index (χ4v) is 5.94. The maximum absolute atomic E-state index is 13.3. The van der Waals surface area contributed by atoms with Crippen molar-refractivity contribution in [3.8, 4) is 0 Å². The number of carbonyl (C=O) groups excluding carboxylic acids is 1. The number of piperidine rings is 1. The first-order chi connectivity index (χ1) is 18.1. The Morgan fingerprint density at radius 1 is 1.00 bits per heavy atom. The van der Waals surface area contributed by atoms with Crippen LogP contribution in [0.4, 0.5) is 22.7 Å². The van der Waals surface area contributed by atoms with Crippen molar-refractivity contribution in [1.29, 1.82) is 0 Å². The summed E-state index contributed by atoms with van der Waals surface area (Å²) in [6.45, 7) is 7.89. The summed E-state index contributed by atoms with van der Waals surface area (Å²) < 4.78 is 29.2. The van der Waals surface area contributed by atoms with E-state index in [0.29, 0.717) is 28.8 Å². The second-order valence-corrected chi connectivity index (χ2v) is 11.6. The molecular weight excluding hydrogens is 504 g/mol. The maximum Gasteiger partial charge on any atom is 0.269 e. The summed E-state index contributed by atoms with van der Waals surface area (Å²) in [4.78, 5) is 25.5. The van der Waals surface area contributed by atoms with E-state index in [4.69, 9.17) is 0 Å². The number of carbonyl (C=O) groups is 1. The van der Waals surface area contributed by atoms with E-state index >= 15 is 0 Å². The largest absolute Gasteiger partial charge is 0.369 e. The standard InChI is InChI=1S/C28H32N4O5S/c1-4-21-5-8-23(9-6-21)29-28(33)22-7-14-27(31-17-19(2)15-20(3)18-31)26(16-22)30-38(36,37)25-12-10-24(11-13-25)32(34)35/h5-14,16,19-20,30H,4,15,17-18H2,1-3H3,(H,29,33). The van der Waals surface area contributed by atoms with Crippen LogP contribution in [0.5, 0.6) is 0 Å². The molecule has 200 valence electrons. The minimum Gasteiger partial charge on any atom is -0.369 e. The Morgan fingerprint density at radius 3 is 2.21 bits per heavy atom. The molecule has 3 aromatic carbocycles. The third-order valence-corrected chi connectivity index (χ3v) is 8.07. The SMILES string of the molecule is CCc1ccc(NC(=O)c2ccc(N3CC(C)CC(C)C3)c(NS(=O)(=O)c3ccc([N+](=O)[O-])cc3)c2)cc1. The molecule has 3 aromatic rings. The zero-order valence-corrected chi connectivity index (χ0v) is 22.5. The van der Waals surface area contributed by atoms with Crippen molar-refractivity contribution >= 4 is 38.7 Å². The molecule has 1 amide bonds. The first-order valence-corrected chi connectivity index (χ1v) is 14.1. The number of nitro groups is 1. The molecule has 1 saturated heterocycles. The van der Waals surface area contributed by atoms with E-state index in [1.165, 1.54) is 18.2 Å². The van der Waals surface area contributed by atoms with E-state index in [1.807, 2.05) is 24.3 Å². The molecule has 9 nitrogen and oxygen atoms in total. The lowest BCUT2D eigenvalue weighted by Gasteiger charge is -2.37. The Kier molecular flexibility index (Phi) is 8.01. The van der Waals surface area contributed by atoms with Gasteiger partial charge in [0, 0.05) is 36.5 Å². The Bertz CT molecular complexity index is 1410. The number of nitro benzene ring substituents is 1. The molecule has 1 fully saturated rings. The molecule has 0 aromatic heterocycles. The van der Waals surface area contributed by atoms with Gasteiger partial charge in [-0.3, -0.25) is 19.6 Å². The first-order valence-electron chi connectivity index (χ1n) is 12.6. The van der Waals surface area contributed by atoms with E-state index in [-0.39, 0.29) is 22.2 Å². The van der Waals surface area contributed by atoms with E-state index in [0.717, 1.165) is 43.6 Å². The van der Waals surface area contributed by atoms with Crippen LogP contribution in [0.25, 0.3) is 0 Å². The van der Waals surface area contributed by atoms with Gasteiger partial charge in [-0.2, -0.15) is 0 Å². The number of hydrogen-bond acceptors (Lipinski definition) is 6. The summed E-state index contributed by atoms with van der Waals surface area (Å²) in [5, 5.41) is 13.9. The number of nitrogens with zero attached hydrogens (tertiary/aromatic N) is 2. The van der Waals surface area contributed by atoms with E-state index in [9.17, 15) is 23.3 Å². The van der Waals surface area contributed by atoms with Crippen molar-refractivity contribution in [3.05, 3.63) is 88.0 Å². The first kappa shape index (κ1) is 27.1. The molecule has 0 saturated carbocycles. The van der Waals surface area contributed by atoms with Crippen LogP contribution in [0.2, 0.25) is 0 Å². The van der Waals surface area contributed by atoms with Gasteiger partial charge in [-0.1, -0.05) is 32.9 Å². The predicted molar refractivity (Wildman–Crippen MR) is 149 cm³/mol. The van der Waals surface area contributed by atoms with E-state index < -0.39 is 14.9 Å². The Morgan fingerprint density at radius 2 is 1.63 bits per heavy atom. The van der Waals surface area contributed by atoms with Crippen LogP contribution in [0, 0.1) is 22.0 Å². The summed E-state index contributed by atoms with van der Waals surface area (Å²) in [5.74, 6) is 0.482. The van der Waals surface area contributed by atoms with Gasteiger partial charge in [-0.25, -0.2) is 8.42 Å². The van der Waals surface area contributed by atoms with Crippen LogP contribution in [-0.4, -0.2) is 32.3 Å². The monoisotopic (exact) mass is 536 g/mol. The van der Waals surface area contributed by atoms with Gasteiger partial charge in [-0.15, -0.1) is 0 Å². The lowest BCUT2D eigenvalue weighted by Crippen LogP contribution is -2.39. The van der Waals surface area contributed by atoms with Gasteiger partial charge in [0.05, 0.1) is 21.2 Å². The van der Waals surface area contributed by atoms with Gasteiger partial charge in [0.1, 0.15) is 0 Å². The average molecular weight is 537 g/mol. The minimum absolute atomic E-state index is 0.111. The zero-order chi connectivity index (χ0) is 27.4. The summed E-state index contributed by atoms with van der Waals surface area (Å²) >= 11 is 0. The van der Waals surface area contributed by atoms with Crippen LogP contribution in [0.15, 0.2) is 71.6 Å². The van der Waals surface area contributed by atoms with Gasteiger partial charge in [0.25, 0.3) is 21.6 Å². The second-order valence-electron chi connectivity index (χ2n) is 9.94. The number of non-ortho nitro benzene ring substituents is 1. The normalized spacial score (nSPS) is 17.6. The Labute approximate surface area is 223 Å². The molecule has 10 heteroatoms. The third-order valence-electron chi connectivity index (χ3n) is 6.69. The molecule has 1 aliphatic heterocycles. The van der Waals surface area contributed by atoms with Crippen LogP contribution in [0.1, 0.15) is 43.1 Å². The van der Waals surface area contributed by atoms with Crippen molar-refractivity contribution in [3.63, 3.8) is 0 Å². The minimum atomic E-state index is -4.08. The third kappa shape index (κ3) is 6.31. The predicted octanol–water partition coefficient (Wildman–Crippen LogP) is 5.69. The highest BCUT2D eigenvalue weighted by Crippen LogP contribution is 2.34. The molecule has 2 atom stereocenters. The van der Waals surface area contributed by atoms with Crippen LogP contribution in [-0.2, 0) is 16.4 Å². The number of nitrogens with one attached hydrogen (secondary N) is 2. The summed E-state index contributed by atoms with van der Waals surface area (Å²) in [6.07, 6.45) is 1.97. The van der Waals surface area contributed by atoms with Gasteiger partial charge in [0.2, 0.25) is 0 Å².